The number of carbonyl (C=O) groups is 1. The van der Waals surface area contributed by atoms with Crippen molar-refractivity contribution in [2.45, 2.75) is 0 Å². The quantitative estimate of drug-likeness (QED) is 0.822. The molecular weight excluding hydrogens is 236 g/mol. The molecular formula is C12H10N2O4. The second kappa shape index (κ2) is 4.70. The average Bonchev–Trinajstić information content (AvgIpc) is 2.40. The van der Waals surface area contributed by atoms with Gasteiger partial charge in [0.1, 0.15) is 0 Å². The van der Waals surface area contributed by atoms with Gasteiger partial charge in [-0.05, 0) is 12.1 Å². The molecule has 0 aliphatic carbocycles. The van der Waals surface area contributed by atoms with E-state index in [0.717, 1.165) is 6.20 Å². The van der Waals surface area contributed by atoms with Gasteiger partial charge in [0.15, 0.2) is 0 Å². The number of nitrogens with one attached hydrogen (secondary N) is 1. The average molecular weight is 246 g/mol. The van der Waals surface area contributed by atoms with Crippen LogP contribution < -0.4 is 16.0 Å². The highest BCUT2D eigenvalue weighted by Gasteiger charge is 2.16. The highest BCUT2D eigenvalue weighted by molar-refractivity contribution is 5.95. The first-order valence-electron chi connectivity index (χ1n) is 5.13. The van der Waals surface area contributed by atoms with E-state index in [4.69, 9.17) is 4.74 Å². The standard InChI is InChI=1S/C12H10N2O4/c1-18-9-7-13-12(17)14(11(9)16)10(15)8-5-3-2-4-6-8/h2-7H,1H3,(H,13,17). The fraction of sp³-hybridized carbons (Fsp3) is 0.0833. The third kappa shape index (κ3) is 1.95. The predicted octanol–water partition coefficient (Wildman–Crippen LogP) is 0.234. The molecule has 2 aromatic rings. The Morgan fingerprint density at radius 3 is 2.50 bits per heavy atom. The van der Waals surface area contributed by atoms with Crippen LogP contribution in [0.15, 0.2) is 46.1 Å². The summed E-state index contributed by atoms with van der Waals surface area (Å²) in [4.78, 5) is 37.7. The van der Waals surface area contributed by atoms with Crippen molar-refractivity contribution in [1.29, 1.82) is 0 Å². The number of nitrogens with zero attached hydrogens (tertiary/aromatic N) is 1. The third-order valence-corrected chi connectivity index (χ3v) is 2.39. The first-order valence-corrected chi connectivity index (χ1v) is 5.13. The van der Waals surface area contributed by atoms with Crippen molar-refractivity contribution in [3.05, 3.63) is 62.9 Å². The first kappa shape index (κ1) is 11.8. The second-order valence-corrected chi connectivity index (χ2v) is 3.47. The zero-order valence-electron chi connectivity index (χ0n) is 9.54. The molecule has 0 saturated heterocycles. The van der Waals surface area contributed by atoms with E-state index >= 15 is 0 Å². The van der Waals surface area contributed by atoms with E-state index in [1.165, 1.54) is 19.2 Å². The summed E-state index contributed by atoms with van der Waals surface area (Å²) in [6, 6.07) is 8.07. The number of methoxy groups -OCH3 is 1. The molecule has 0 spiro atoms. The molecule has 6 nitrogen and oxygen atoms in total. The molecule has 2 rings (SSSR count). The Labute approximate surface area is 101 Å². The molecule has 0 atom stereocenters. The maximum Gasteiger partial charge on any atom is 0.335 e. The van der Waals surface area contributed by atoms with Crippen molar-refractivity contribution >= 4 is 5.91 Å². The van der Waals surface area contributed by atoms with Gasteiger partial charge in [-0.25, -0.2) is 4.79 Å². The van der Waals surface area contributed by atoms with Gasteiger partial charge in [0.25, 0.3) is 5.91 Å². The van der Waals surface area contributed by atoms with Crippen molar-refractivity contribution in [2.75, 3.05) is 7.11 Å². The van der Waals surface area contributed by atoms with Crippen LogP contribution in [0.5, 0.6) is 5.75 Å². The van der Waals surface area contributed by atoms with Crippen molar-refractivity contribution < 1.29 is 9.53 Å². The topological polar surface area (TPSA) is 81.2 Å². The van der Waals surface area contributed by atoms with Gasteiger partial charge in [0.2, 0.25) is 5.75 Å². The summed E-state index contributed by atoms with van der Waals surface area (Å²) in [6.45, 7) is 0. The van der Waals surface area contributed by atoms with Gasteiger partial charge in [0, 0.05) is 5.56 Å². The maximum atomic E-state index is 12.0. The van der Waals surface area contributed by atoms with Crippen LogP contribution in [0.1, 0.15) is 10.4 Å². The largest absolute Gasteiger partial charge is 0.490 e. The van der Waals surface area contributed by atoms with E-state index in [9.17, 15) is 14.4 Å². The summed E-state index contributed by atoms with van der Waals surface area (Å²) in [7, 11) is 1.28. The molecule has 0 fully saturated rings. The molecule has 1 heterocycles. The monoisotopic (exact) mass is 246 g/mol. The van der Waals surface area contributed by atoms with Crippen molar-refractivity contribution in [2.24, 2.45) is 0 Å². The number of benzene rings is 1. The Bertz CT molecular complexity index is 685. The summed E-state index contributed by atoms with van der Waals surface area (Å²) in [5.74, 6) is -0.792. The lowest BCUT2D eigenvalue weighted by Crippen LogP contribution is -2.40. The van der Waals surface area contributed by atoms with Crippen LogP contribution in [0.25, 0.3) is 0 Å². The number of hydrogen-bond acceptors (Lipinski definition) is 4. The second-order valence-electron chi connectivity index (χ2n) is 3.47. The predicted molar refractivity (Wildman–Crippen MR) is 64.0 cm³/mol. The third-order valence-electron chi connectivity index (χ3n) is 2.39. The van der Waals surface area contributed by atoms with Crippen LogP contribution in [0.3, 0.4) is 0 Å². The van der Waals surface area contributed by atoms with E-state index in [2.05, 4.69) is 4.98 Å². The number of aromatic nitrogens is 2. The van der Waals surface area contributed by atoms with E-state index in [-0.39, 0.29) is 11.3 Å². The van der Waals surface area contributed by atoms with Crippen LogP contribution in [0, 0.1) is 0 Å². The van der Waals surface area contributed by atoms with Crippen molar-refractivity contribution in [3.63, 3.8) is 0 Å². The van der Waals surface area contributed by atoms with Crippen LogP contribution in [0.4, 0.5) is 0 Å². The zero-order chi connectivity index (χ0) is 13.1. The number of hydrogen-bond donors (Lipinski definition) is 1. The number of carbonyl (C=O) groups excluding carboxylic acids is 1. The van der Waals surface area contributed by atoms with Crippen LogP contribution in [-0.4, -0.2) is 22.6 Å². The van der Waals surface area contributed by atoms with Gasteiger partial charge in [0.05, 0.1) is 13.3 Å². The summed E-state index contributed by atoms with van der Waals surface area (Å²) in [5, 5.41) is 0. The summed E-state index contributed by atoms with van der Waals surface area (Å²) >= 11 is 0. The molecule has 0 saturated carbocycles. The highest BCUT2D eigenvalue weighted by Crippen LogP contribution is 2.01. The van der Waals surface area contributed by atoms with Crippen LogP contribution in [-0.2, 0) is 0 Å². The molecule has 1 aromatic heterocycles. The molecule has 92 valence electrons. The molecule has 1 aromatic carbocycles. The van der Waals surface area contributed by atoms with Crippen LogP contribution >= 0.6 is 0 Å². The lowest BCUT2D eigenvalue weighted by atomic mass is 10.2. The van der Waals surface area contributed by atoms with Gasteiger partial charge >= 0.3 is 11.2 Å². The van der Waals surface area contributed by atoms with Gasteiger partial charge in [-0.2, -0.15) is 4.57 Å². The SMILES string of the molecule is COc1c[nH]c(=O)n(C(=O)c2ccccc2)c1=O. The Morgan fingerprint density at radius 1 is 1.22 bits per heavy atom. The van der Waals surface area contributed by atoms with Crippen molar-refractivity contribution in [1.82, 2.24) is 9.55 Å². The Balaban J connectivity index is 2.63. The minimum atomic E-state index is -0.797. The fourth-order valence-corrected chi connectivity index (χ4v) is 1.50. The van der Waals surface area contributed by atoms with E-state index in [0.29, 0.717) is 4.57 Å². The molecule has 0 radical (unpaired) electrons. The Hall–Kier alpha value is -2.63. The van der Waals surface area contributed by atoms with Gasteiger partial charge < -0.3 is 9.72 Å². The smallest absolute Gasteiger partial charge is 0.335 e. The molecule has 0 bridgehead atoms. The zero-order valence-corrected chi connectivity index (χ0v) is 9.54. The number of H-pyrrole nitrogens is 1. The normalized spacial score (nSPS) is 10.1. The van der Waals surface area contributed by atoms with E-state index in [1.54, 1.807) is 18.2 Å². The molecule has 0 aliphatic rings. The lowest BCUT2D eigenvalue weighted by Gasteiger charge is -2.04. The fourth-order valence-electron chi connectivity index (χ4n) is 1.50. The Morgan fingerprint density at radius 2 is 1.89 bits per heavy atom. The van der Waals surface area contributed by atoms with Crippen LogP contribution in [0.2, 0.25) is 0 Å². The van der Waals surface area contributed by atoms with Gasteiger partial charge in [-0.15, -0.1) is 0 Å². The number of ether oxygens (including phenoxy) is 1. The van der Waals surface area contributed by atoms with E-state index < -0.39 is 17.2 Å². The minimum Gasteiger partial charge on any atom is -0.490 e. The van der Waals surface area contributed by atoms with Crippen molar-refractivity contribution in [3.8, 4) is 5.75 Å². The molecule has 18 heavy (non-hydrogen) atoms. The number of rotatable bonds is 2. The minimum absolute atomic E-state index is 0.0983. The maximum absolute atomic E-state index is 12.0. The molecule has 1 N–H and O–H groups in total. The molecule has 0 unspecified atom stereocenters. The van der Waals surface area contributed by atoms with Gasteiger partial charge in [-0.1, -0.05) is 18.2 Å². The summed E-state index contributed by atoms with van der Waals surface area (Å²) in [5.41, 5.74) is -1.33. The molecule has 0 aliphatic heterocycles. The summed E-state index contributed by atoms with van der Waals surface area (Å²) in [6.07, 6.45) is 1.12. The highest BCUT2D eigenvalue weighted by atomic mass is 16.5. The molecule has 0 amide bonds. The number of aromatic amines is 1. The Kier molecular flexibility index (Phi) is 3.09. The van der Waals surface area contributed by atoms with E-state index in [1.807, 2.05) is 0 Å². The lowest BCUT2D eigenvalue weighted by molar-refractivity contribution is 0.0949. The summed E-state index contributed by atoms with van der Waals surface area (Å²) < 4.78 is 5.28. The van der Waals surface area contributed by atoms with Gasteiger partial charge in [-0.3, -0.25) is 9.59 Å². The molecule has 6 heteroatoms. The first-order chi connectivity index (χ1) is 8.65.